The van der Waals surface area contributed by atoms with E-state index in [1.807, 2.05) is 25.1 Å². The van der Waals surface area contributed by atoms with Crippen molar-refractivity contribution in [1.29, 1.82) is 0 Å². The quantitative estimate of drug-likeness (QED) is 0.776. The Labute approximate surface area is 122 Å². The first kappa shape index (κ1) is 13.6. The van der Waals surface area contributed by atoms with Gasteiger partial charge in [-0.05, 0) is 32.0 Å². The Hall–Kier alpha value is -2.34. The third kappa shape index (κ3) is 2.75. The smallest absolute Gasteiger partial charge is 0.250 e. The summed E-state index contributed by atoms with van der Waals surface area (Å²) in [5.74, 6) is 1.06. The molecule has 0 aliphatic heterocycles. The van der Waals surface area contributed by atoms with Gasteiger partial charge in [0.25, 0.3) is 0 Å². The SMILES string of the molecule is CCCNC(C)c1nnc(-c2cccc3nccnc23)o1. The number of rotatable bonds is 5. The molecule has 0 radical (unpaired) electrons. The van der Waals surface area contributed by atoms with Gasteiger partial charge in [0.1, 0.15) is 5.52 Å². The van der Waals surface area contributed by atoms with Crippen LogP contribution in [0.5, 0.6) is 0 Å². The standard InChI is InChI=1S/C15H17N5O/c1-3-7-16-10(2)14-19-20-15(21-14)11-5-4-6-12-13(11)18-9-8-17-12/h4-6,8-10,16H,3,7H2,1-2H3. The first-order chi connectivity index (χ1) is 10.3. The highest BCUT2D eigenvalue weighted by Crippen LogP contribution is 2.26. The van der Waals surface area contributed by atoms with Crippen molar-refractivity contribution < 1.29 is 4.42 Å². The molecular weight excluding hydrogens is 266 g/mol. The molecule has 3 rings (SSSR count). The number of nitrogens with zero attached hydrogens (tertiary/aromatic N) is 4. The predicted octanol–water partition coefficient (Wildman–Crippen LogP) is 2.74. The van der Waals surface area contributed by atoms with E-state index in [9.17, 15) is 0 Å². The maximum atomic E-state index is 5.78. The Bertz CT molecular complexity index is 734. The molecule has 6 nitrogen and oxygen atoms in total. The Morgan fingerprint density at radius 1 is 1.19 bits per heavy atom. The molecule has 0 saturated heterocycles. The Balaban J connectivity index is 1.95. The third-order valence-electron chi connectivity index (χ3n) is 3.24. The summed E-state index contributed by atoms with van der Waals surface area (Å²) in [6.07, 6.45) is 4.39. The summed E-state index contributed by atoms with van der Waals surface area (Å²) in [4.78, 5) is 8.64. The average molecular weight is 283 g/mol. The topological polar surface area (TPSA) is 76.7 Å². The van der Waals surface area contributed by atoms with E-state index in [0.29, 0.717) is 11.8 Å². The van der Waals surface area contributed by atoms with Gasteiger partial charge in [-0.25, -0.2) is 0 Å². The van der Waals surface area contributed by atoms with Crippen LogP contribution in [-0.4, -0.2) is 26.7 Å². The highest BCUT2D eigenvalue weighted by atomic mass is 16.4. The van der Waals surface area contributed by atoms with E-state index in [1.54, 1.807) is 12.4 Å². The van der Waals surface area contributed by atoms with E-state index in [0.717, 1.165) is 29.6 Å². The third-order valence-corrected chi connectivity index (χ3v) is 3.24. The van der Waals surface area contributed by atoms with Crippen LogP contribution in [0.2, 0.25) is 0 Å². The van der Waals surface area contributed by atoms with Gasteiger partial charge < -0.3 is 9.73 Å². The minimum absolute atomic E-state index is 0.0345. The molecule has 0 aliphatic carbocycles. The van der Waals surface area contributed by atoms with Crippen LogP contribution in [0.1, 0.15) is 32.2 Å². The van der Waals surface area contributed by atoms with E-state index in [-0.39, 0.29) is 6.04 Å². The van der Waals surface area contributed by atoms with Crippen LogP contribution in [0.3, 0.4) is 0 Å². The van der Waals surface area contributed by atoms with E-state index < -0.39 is 0 Å². The maximum absolute atomic E-state index is 5.78. The number of fused-ring (bicyclic) bond motifs is 1. The van der Waals surface area contributed by atoms with Crippen molar-refractivity contribution in [3.63, 3.8) is 0 Å². The van der Waals surface area contributed by atoms with Gasteiger partial charge >= 0.3 is 0 Å². The Kier molecular flexibility index (Phi) is 3.87. The number of nitrogens with one attached hydrogen (secondary N) is 1. The fraction of sp³-hybridized carbons (Fsp3) is 0.333. The van der Waals surface area contributed by atoms with E-state index in [2.05, 4.69) is 32.4 Å². The number of para-hydroxylation sites is 1. The van der Waals surface area contributed by atoms with Gasteiger partial charge in [0, 0.05) is 12.4 Å². The summed E-state index contributed by atoms with van der Waals surface area (Å²) in [7, 11) is 0. The fourth-order valence-corrected chi connectivity index (χ4v) is 2.13. The molecule has 0 amide bonds. The van der Waals surface area contributed by atoms with Gasteiger partial charge in [-0.2, -0.15) is 0 Å². The zero-order valence-corrected chi connectivity index (χ0v) is 12.1. The maximum Gasteiger partial charge on any atom is 0.250 e. The second-order valence-electron chi connectivity index (χ2n) is 4.85. The number of hydrogen-bond donors (Lipinski definition) is 1. The zero-order chi connectivity index (χ0) is 14.7. The van der Waals surface area contributed by atoms with Crippen molar-refractivity contribution in [2.75, 3.05) is 6.54 Å². The van der Waals surface area contributed by atoms with Gasteiger partial charge in [0.05, 0.1) is 17.1 Å². The molecule has 1 atom stereocenters. The molecule has 1 N–H and O–H groups in total. The van der Waals surface area contributed by atoms with E-state index >= 15 is 0 Å². The molecule has 0 aliphatic rings. The van der Waals surface area contributed by atoms with Crippen LogP contribution in [0.4, 0.5) is 0 Å². The van der Waals surface area contributed by atoms with Crippen molar-refractivity contribution in [1.82, 2.24) is 25.5 Å². The summed E-state index contributed by atoms with van der Waals surface area (Å²) < 4.78 is 5.78. The highest BCUT2D eigenvalue weighted by Gasteiger charge is 2.16. The van der Waals surface area contributed by atoms with Gasteiger partial charge in [-0.3, -0.25) is 9.97 Å². The van der Waals surface area contributed by atoms with Crippen LogP contribution in [0.25, 0.3) is 22.5 Å². The van der Waals surface area contributed by atoms with Crippen molar-refractivity contribution in [2.24, 2.45) is 0 Å². The molecule has 1 aromatic carbocycles. The van der Waals surface area contributed by atoms with Gasteiger partial charge in [0.2, 0.25) is 11.8 Å². The summed E-state index contributed by atoms with van der Waals surface area (Å²) in [6, 6.07) is 5.77. The van der Waals surface area contributed by atoms with Gasteiger partial charge in [0.15, 0.2) is 0 Å². The summed E-state index contributed by atoms with van der Waals surface area (Å²) in [5.41, 5.74) is 2.39. The van der Waals surface area contributed by atoms with Crippen LogP contribution >= 0.6 is 0 Å². The summed E-state index contributed by atoms with van der Waals surface area (Å²) >= 11 is 0. The largest absolute Gasteiger partial charge is 0.419 e. The van der Waals surface area contributed by atoms with Crippen LogP contribution in [0, 0.1) is 0 Å². The summed E-state index contributed by atoms with van der Waals surface area (Å²) in [5, 5.41) is 11.6. The molecular formula is C15H17N5O. The lowest BCUT2D eigenvalue weighted by atomic mass is 10.2. The number of hydrogen-bond acceptors (Lipinski definition) is 6. The van der Waals surface area contributed by atoms with Crippen molar-refractivity contribution in [2.45, 2.75) is 26.3 Å². The molecule has 0 spiro atoms. The second-order valence-corrected chi connectivity index (χ2v) is 4.85. The minimum atomic E-state index is 0.0345. The van der Waals surface area contributed by atoms with Gasteiger partial charge in [-0.1, -0.05) is 13.0 Å². The van der Waals surface area contributed by atoms with E-state index in [4.69, 9.17) is 4.42 Å². The van der Waals surface area contributed by atoms with Crippen LogP contribution in [-0.2, 0) is 0 Å². The molecule has 2 aromatic heterocycles. The molecule has 108 valence electrons. The molecule has 0 bridgehead atoms. The normalized spacial score (nSPS) is 12.7. The summed E-state index contributed by atoms with van der Waals surface area (Å²) in [6.45, 7) is 5.04. The Morgan fingerprint density at radius 2 is 2.05 bits per heavy atom. The highest BCUT2D eigenvalue weighted by molar-refractivity contribution is 5.88. The number of benzene rings is 1. The second kappa shape index (κ2) is 5.97. The first-order valence-corrected chi connectivity index (χ1v) is 7.06. The predicted molar refractivity (Wildman–Crippen MR) is 79.5 cm³/mol. The molecule has 21 heavy (non-hydrogen) atoms. The molecule has 0 saturated carbocycles. The molecule has 0 fully saturated rings. The van der Waals surface area contributed by atoms with Crippen LogP contribution in [0.15, 0.2) is 35.0 Å². The van der Waals surface area contributed by atoms with Gasteiger partial charge in [-0.15, -0.1) is 10.2 Å². The van der Waals surface area contributed by atoms with Crippen molar-refractivity contribution >= 4 is 11.0 Å². The van der Waals surface area contributed by atoms with E-state index in [1.165, 1.54) is 0 Å². The monoisotopic (exact) mass is 283 g/mol. The Morgan fingerprint density at radius 3 is 2.90 bits per heavy atom. The fourth-order valence-electron chi connectivity index (χ4n) is 2.13. The zero-order valence-electron chi connectivity index (χ0n) is 12.1. The molecule has 2 heterocycles. The minimum Gasteiger partial charge on any atom is -0.419 e. The first-order valence-electron chi connectivity index (χ1n) is 7.06. The molecule has 6 heteroatoms. The lowest BCUT2D eigenvalue weighted by Crippen LogP contribution is -2.19. The lowest BCUT2D eigenvalue weighted by molar-refractivity contribution is 0.423. The van der Waals surface area contributed by atoms with Crippen molar-refractivity contribution in [3.8, 4) is 11.5 Å². The van der Waals surface area contributed by atoms with Crippen LogP contribution < -0.4 is 5.32 Å². The molecule has 3 aromatic rings. The number of aromatic nitrogens is 4. The average Bonchev–Trinajstić information content (AvgIpc) is 3.02. The molecule has 1 unspecified atom stereocenters. The van der Waals surface area contributed by atoms with Crippen molar-refractivity contribution in [3.05, 3.63) is 36.5 Å². The lowest BCUT2D eigenvalue weighted by Gasteiger charge is -2.07.